The van der Waals surface area contributed by atoms with Crippen molar-refractivity contribution in [3.63, 3.8) is 0 Å². The SMILES string of the molecule is CNC1CC(Cc2c(-c3ccc(F)cc3)[nH]c3c(F)cc(F)cc23)C1.O=Cc1ccn[nH]1. The Morgan fingerprint density at radius 1 is 1.09 bits per heavy atom. The number of aromatic nitrogens is 3. The summed E-state index contributed by atoms with van der Waals surface area (Å²) in [5.41, 5.74) is 3.24. The highest BCUT2D eigenvalue weighted by Crippen LogP contribution is 2.38. The van der Waals surface area contributed by atoms with Crippen molar-refractivity contribution < 1.29 is 18.0 Å². The van der Waals surface area contributed by atoms with Gasteiger partial charge in [-0.25, -0.2) is 13.2 Å². The highest BCUT2D eigenvalue weighted by molar-refractivity contribution is 5.91. The Labute approximate surface area is 183 Å². The number of benzene rings is 2. The van der Waals surface area contributed by atoms with Crippen molar-refractivity contribution in [1.29, 1.82) is 0 Å². The summed E-state index contributed by atoms with van der Waals surface area (Å²) in [5, 5.41) is 9.83. The topological polar surface area (TPSA) is 73.6 Å². The molecule has 166 valence electrons. The van der Waals surface area contributed by atoms with Crippen LogP contribution in [0.2, 0.25) is 0 Å². The fraction of sp³-hybridized carbons (Fsp3) is 0.250. The summed E-state index contributed by atoms with van der Waals surface area (Å²) < 4.78 is 41.3. The fourth-order valence-electron chi connectivity index (χ4n) is 4.11. The summed E-state index contributed by atoms with van der Waals surface area (Å²) in [4.78, 5) is 12.9. The minimum atomic E-state index is -0.605. The van der Waals surface area contributed by atoms with E-state index in [1.165, 1.54) is 24.4 Å². The highest BCUT2D eigenvalue weighted by Gasteiger charge is 2.30. The van der Waals surface area contributed by atoms with Gasteiger partial charge in [-0.3, -0.25) is 9.89 Å². The first-order valence-electron chi connectivity index (χ1n) is 10.4. The van der Waals surface area contributed by atoms with Crippen LogP contribution in [-0.4, -0.2) is 34.6 Å². The van der Waals surface area contributed by atoms with Crippen LogP contribution in [0.4, 0.5) is 13.2 Å². The lowest BCUT2D eigenvalue weighted by Gasteiger charge is -2.35. The number of hydrogen-bond acceptors (Lipinski definition) is 3. The zero-order valence-corrected chi connectivity index (χ0v) is 17.5. The van der Waals surface area contributed by atoms with Crippen molar-refractivity contribution in [2.75, 3.05) is 7.05 Å². The monoisotopic (exact) mass is 440 g/mol. The Morgan fingerprint density at radius 2 is 1.84 bits per heavy atom. The molecular formula is C24H23F3N4O. The Bertz CT molecular complexity index is 1200. The molecule has 2 aromatic heterocycles. The van der Waals surface area contributed by atoms with E-state index in [-0.39, 0.29) is 5.82 Å². The molecule has 3 N–H and O–H groups in total. The molecule has 2 heterocycles. The molecule has 0 bridgehead atoms. The van der Waals surface area contributed by atoms with Crippen LogP contribution in [0.3, 0.4) is 0 Å². The number of carbonyl (C=O) groups is 1. The minimum Gasteiger partial charge on any atom is -0.352 e. The molecule has 2 aromatic carbocycles. The number of nitrogens with zero attached hydrogens (tertiary/aromatic N) is 1. The zero-order valence-electron chi connectivity index (χ0n) is 17.5. The third-order valence-electron chi connectivity index (χ3n) is 5.85. The fourth-order valence-corrected chi connectivity index (χ4v) is 4.11. The number of halogens is 3. The molecule has 4 aromatic rings. The first-order chi connectivity index (χ1) is 15.5. The molecule has 1 saturated carbocycles. The van der Waals surface area contributed by atoms with Crippen LogP contribution in [0.5, 0.6) is 0 Å². The predicted octanol–water partition coefficient (Wildman–Crippen LogP) is 5.01. The van der Waals surface area contributed by atoms with Gasteiger partial charge in [0.05, 0.1) is 11.2 Å². The van der Waals surface area contributed by atoms with Gasteiger partial charge in [0.1, 0.15) is 17.5 Å². The molecule has 1 aliphatic rings. The van der Waals surface area contributed by atoms with Crippen molar-refractivity contribution in [2.24, 2.45) is 5.92 Å². The van der Waals surface area contributed by atoms with E-state index in [1.807, 2.05) is 7.05 Å². The number of rotatable bonds is 5. The zero-order chi connectivity index (χ0) is 22.7. The van der Waals surface area contributed by atoms with Crippen LogP contribution in [0.25, 0.3) is 22.2 Å². The predicted molar refractivity (Wildman–Crippen MR) is 117 cm³/mol. The van der Waals surface area contributed by atoms with Crippen LogP contribution in [0.1, 0.15) is 28.9 Å². The van der Waals surface area contributed by atoms with Crippen molar-refractivity contribution in [3.8, 4) is 11.3 Å². The first-order valence-corrected chi connectivity index (χ1v) is 10.4. The summed E-state index contributed by atoms with van der Waals surface area (Å²) in [5.74, 6) is -1.04. The maximum Gasteiger partial charge on any atom is 0.167 e. The van der Waals surface area contributed by atoms with Gasteiger partial charge in [0.15, 0.2) is 6.29 Å². The average Bonchev–Trinajstić information content (AvgIpc) is 3.40. The molecule has 5 nitrogen and oxygen atoms in total. The van der Waals surface area contributed by atoms with Gasteiger partial charge in [0.25, 0.3) is 0 Å². The van der Waals surface area contributed by atoms with E-state index in [9.17, 15) is 18.0 Å². The van der Waals surface area contributed by atoms with E-state index in [4.69, 9.17) is 0 Å². The molecule has 0 amide bonds. The molecular weight excluding hydrogens is 417 g/mol. The van der Waals surface area contributed by atoms with Crippen LogP contribution in [0, 0.1) is 23.4 Å². The Hall–Kier alpha value is -3.39. The molecule has 0 aliphatic heterocycles. The first kappa shape index (κ1) is 21.8. The normalized spacial score (nSPS) is 17.5. The Kier molecular flexibility index (Phi) is 6.41. The quantitative estimate of drug-likeness (QED) is 0.382. The summed E-state index contributed by atoms with van der Waals surface area (Å²) >= 11 is 0. The number of fused-ring (bicyclic) bond motifs is 1. The van der Waals surface area contributed by atoms with Crippen molar-refractivity contribution in [1.82, 2.24) is 20.5 Å². The number of nitrogens with one attached hydrogen (secondary N) is 3. The summed E-state index contributed by atoms with van der Waals surface area (Å²) in [6.07, 6.45) is 5.08. The number of carbonyl (C=O) groups excluding carboxylic acids is 1. The van der Waals surface area contributed by atoms with E-state index in [0.717, 1.165) is 42.1 Å². The van der Waals surface area contributed by atoms with Gasteiger partial charge in [-0.05, 0) is 79.8 Å². The van der Waals surface area contributed by atoms with Crippen molar-refractivity contribution in [2.45, 2.75) is 25.3 Å². The molecule has 0 unspecified atom stereocenters. The van der Waals surface area contributed by atoms with E-state index in [1.54, 1.807) is 18.2 Å². The summed E-state index contributed by atoms with van der Waals surface area (Å²) in [6.45, 7) is 0. The molecule has 1 fully saturated rings. The van der Waals surface area contributed by atoms with E-state index in [0.29, 0.717) is 34.8 Å². The second-order valence-electron chi connectivity index (χ2n) is 7.95. The maximum atomic E-state index is 14.2. The largest absolute Gasteiger partial charge is 0.352 e. The Balaban J connectivity index is 0.000000300. The smallest absolute Gasteiger partial charge is 0.167 e. The second-order valence-corrected chi connectivity index (χ2v) is 7.95. The average molecular weight is 440 g/mol. The minimum absolute atomic E-state index is 0.306. The summed E-state index contributed by atoms with van der Waals surface area (Å²) in [7, 11) is 1.95. The molecule has 32 heavy (non-hydrogen) atoms. The standard InChI is InChI=1S/C20H19F3N2.C4H4N2O/c1-24-15-6-11(7-15)8-16-17-9-14(22)10-18(23)20(17)25-19(16)12-2-4-13(21)5-3-12;7-3-4-1-2-5-6-4/h2-5,9-11,15,24-25H,6-8H2,1H3;1-3H,(H,5,6). The lowest BCUT2D eigenvalue weighted by molar-refractivity contribution is 0.111. The van der Waals surface area contributed by atoms with Gasteiger partial charge in [-0.15, -0.1) is 0 Å². The van der Waals surface area contributed by atoms with Gasteiger partial charge in [0.2, 0.25) is 0 Å². The van der Waals surface area contributed by atoms with Crippen LogP contribution >= 0.6 is 0 Å². The third kappa shape index (κ3) is 4.60. The van der Waals surface area contributed by atoms with Crippen molar-refractivity contribution in [3.05, 3.63) is 77.4 Å². The van der Waals surface area contributed by atoms with Gasteiger partial charge < -0.3 is 10.3 Å². The second kappa shape index (κ2) is 9.40. The van der Waals surface area contributed by atoms with E-state index >= 15 is 0 Å². The molecule has 1 aliphatic carbocycles. The third-order valence-corrected chi connectivity index (χ3v) is 5.85. The van der Waals surface area contributed by atoms with Gasteiger partial charge in [-0.1, -0.05) is 0 Å². The van der Waals surface area contributed by atoms with E-state index < -0.39 is 11.6 Å². The molecule has 0 radical (unpaired) electrons. The van der Waals surface area contributed by atoms with Crippen molar-refractivity contribution >= 4 is 17.2 Å². The lowest BCUT2D eigenvalue weighted by atomic mass is 9.76. The van der Waals surface area contributed by atoms with Gasteiger partial charge in [0, 0.05) is 29.4 Å². The molecule has 8 heteroatoms. The number of H-pyrrole nitrogens is 2. The van der Waals surface area contributed by atoms with Gasteiger partial charge >= 0.3 is 0 Å². The van der Waals surface area contributed by atoms with Crippen LogP contribution in [0.15, 0.2) is 48.7 Å². The molecule has 0 spiro atoms. The molecule has 0 atom stereocenters. The highest BCUT2D eigenvalue weighted by atomic mass is 19.1. The van der Waals surface area contributed by atoms with Gasteiger partial charge in [-0.2, -0.15) is 5.10 Å². The van der Waals surface area contributed by atoms with E-state index in [2.05, 4.69) is 20.5 Å². The Morgan fingerprint density at radius 3 is 2.44 bits per heavy atom. The van der Waals surface area contributed by atoms with Crippen LogP contribution < -0.4 is 5.32 Å². The van der Waals surface area contributed by atoms with Crippen LogP contribution in [-0.2, 0) is 6.42 Å². The molecule has 5 rings (SSSR count). The number of aromatic amines is 2. The maximum absolute atomic E-state index is 14.2. The summed E-state index contributed by atoms with van der Waals surface area (Å²) in [6, 6.07) is 10.5. The number of hydrogen-bond donors (Lipinski definition) is 3. The molecule has 0 saturated heterocycles. The lowest BCUT2D eigenvalue weighted by Crippen LogP contribution is -2.39. The number of aldehydes is 1.